The maximum Gasteiger partial charge on any atom is 0.161 e. The predicted molar refractivity (Wildman–Crippen MR) is 83.5 cm³/mol. The molecule has 0 radical (unpaired) electrons. The standard InChI is InChI=1S/C15H25NO2S/c1-4-13(16)10-12-6-7-14(15(11-12)17-2)18-8-5-9-19-3/h6-7,11,13H,4-5,8-10,16H2,1-3H3. The molecule has 108 valence electrons. The molecule has 0 saturated heterocycles. The van der Waals surface area contributed by atoms with Gasteiger partial charge in [0.1, 0.15) is 0 Å². The topological polar surface area (TPSA) is 44.5 Å². The highest BCUT2D eigenvalue weighted by Gasteiger charge is 2.08. The number of hydrogen-bond acceptors (Lipinski definition) is 4. The lowest BCUT2D eigenvalue weighted by Gasteiger charge is -2.14. The fourth-order valence-electron chi connectivity index (χ4n) is 1.79. The monoisotopic (exact) mass is 283 g/mol. The lowest BCUT2D eigenvalue weighted by molar-refractivity contribution is 0.295. The van der Waals surface area contributed by atoms with Gasteiger partial charge in [-0.1, -0.05) is 13.0 Å². The second-order valence-electron chi connectivity index (χ2n) is 4.55. The molecule has 0 saturated carbocycles. The first-order chi connectivity index (χ1) is 9.21. The molecule has 0 fully saturated rings. The summed E-state index contributed by atoms with van der Waals surface area (Å²) < 4.78 is 11.1. The van der Waals surface area contributed by atoms with Gasteiger partial charge in [0.25, 0.3) is 0 Å². The first kappa shape index (κ1) is 16.2. The summed E-state index contributed by atoms with van der Waals surface area (Å²) >= 11 is 1.83. The van der Waals surface area contributed by atoms with E-state index in [2.05, 4.69) is 19.2 Å². The summed E-state index contributed by atoms with van der Waals surface area (Å²) in [5.74, 6) is 2.73. The van der Waals surface area contributed by atoms with Crippen LogP contribution < -0.4 is 15.2 Å². The Hall–Kier alpha value is -0.870. The van der Waals surface area contributed by atoms with Crippen molar-refractivity contribution in [2.45, 2.75) is 32.2 Å². The molecule has 0 aliphatic rings. The minimum atomic E-state index is 0.207. The van der Waals surface area contributed by atoms with Gasteiger partial charge in [-0.15, -0.1) is 0 Å². The zero-order valence-electron chi connectivity index (χ0n) is 12.1. The Bertz CT molecular complexity index is 371. The van der Waals surface area contributed by atoms with Crippen molar-refractivity contribution in [3.63, 3.8) is 0 Å². The van der Waals surface area contributed by atoms with E-state index in [0.717, 1.165) is 43.1 Å². The van der Waals surface area contributed by atoms with E-state index < -0.39 is 0 Å². The second-order valence-corrected chi connectivity index (χ2v) is 5.54. The SMILES string of the molecule is CCC(N)Cc1ccc(OCCCSC)c(OC)c1. The molecule has 0 amide bonds. The maximum atomic E-state index is 5.97. The molecule has 3 nitrogen and oxygen atoms in total. The molecule has 1 unspecified atom stereocenters. The van der Waals surface area contributed by atoms with Crippen LogP contribution in [0, 0.1) is 0 Å². The van der Waals surface area contributed by atoms with Crippen molar-refractivity contribution in [1.29, 1.82) is 0 Å². The van der Waals surface area contributed by atoms with Crippen LogP contribution >= 0.6 is 11.8 Å². The molecule has 0 aliphatic heterocycles. The summed E-state index contributed by atoms with van der Waals surface area (Å²) in [4.78, 5) is 0. The molecule has 19 heavy (non-hydrogen) atoms. The van der Waals surface area contributed by atoms with Crippen LogP contribution in [0.5, 0.6) is 11.5 Å². The van der Waals surface area contributed by atoms with Crippen LogP contribution in [-0.2, 0) is 6.42 Å². The molecule has 1 aromatic carbocycles. The van der Waals surface area contributed by atoms with Gasteiger partial charge in [-0.25, -0.2) is 0 Å². The van der Waals surface area contributed by atoms with Crippen molar-refractivity contribution in [2.24, 2.45) is 5.73 Å². The Morgan fingerprint density at radius 3 is 2.74 bits per heavy atom. The Morgan fingerprint density at radius 1 is 1.32 bits per heavy atom. The average molecular weight is 283 g/mol. The Labute approximate surface area is 120 Å². The van der Waals surface area contributed by atoms with Crippen molar-refractivity contribution >= 4 is 11.8 Å². The Balaban J connectivity index is 2.62. The highest BCUT2D eigenvalue weighted by atomic mass is 32.2. The number of nitrogens with two attached hydrogens (primary N) is 1. The van der Waals surface area contributed by atoms with E-state index in [0.29, 0.717) is 0 Å². The van der Waals surface area contributed by atoms with Gasteiger partial charge in [-0.3, -0.25) is 0 Å². The van der Waals surface area contributed by atoms with Crippen LogP contribution in [0.1, 0.15) is 25.3 Å². The summed E-state index contributed by atoms with van der Waals surface area (Å²) in [6.07, 6.45) is 5.01. The van der Waals surface area contributed by atoms with E-state index in [-0.39, 0.29) is 6.04 Å². The van der Waals surface area contributed by atoms with E-state index in [9.17, 15) is 0 Å². The van der Waals surface area contributed by atoms with Gasteiger partial charge in [0.2, 0.25) is 0 Å². The Morgan fingerprint density at radius 2 is 2.11 bits per heavy atom. The second kappa shape index (κ2) is 9.10. The smallest absolute Gasteiger partial charge is 0.161 e. The fraction of sp³-hybridized carbons (Fsp3) is 0.600. The third-order valence-corrected chi connectivity index (χ3v) is 3.70. The highest BCUT2D eigenvalue weighted by molar-refractivity contribution is 7.98. The van der Waals surface area contributed by atoms with Crippen molar-refractivity contribution in [3.05, 3.63) is 23.8 Å². The zero-order valence-corrected chi connectivity index (χ0v) is 13.0. The maximum absolute atomic E-state index is 5.97. The summed E-state index contributed by atoms with van der Waals surface area (Å²) in [5.41, 5.74) is 7.17. The van der Waals surface area contributed by atoms with E-state index in [4.69, 9.17) is 15.2 Å². The average Bonchev–Trinajstić information content (AvgIpc) is 2.44. The van der Waals surface area contributed by atoms with Gasteiger partial charge in [-0.05, 0) is 49.0 Å². The summed E-state index contributed by atoms with van der Waals surface area (Å²) in [6, 6.07) is 6.29. The lowest BCUT2D eigenvalue weighted by Crippen LogP contribution is -2.21. The molecule has 1 rings (SSSR count). The number of ether oxygens (including phenoxy) is 2. The van der Waals surface area contributed by atoms with E-state index in [1.165, 1.54) is 5.56 Å². The molecule has 2 N–H and O–H groups in total. The van der Waals surface area contributed by atoms with Crippen molar-refractivity contribution in [2.75, 3.05) is 25.7 Å². The minimum Gasteiger partial charge on any atom is -0.493 e. The van der Waals surface area contributed by atoms with Gasteiger partial charge >= 0.3 is 0 Å². The number of hydrogen-bond donors (Lipinski definition) is 1. The van der Waals surface area contributed by atoms with Gasteiger partial charge in [0.05, 0.1) is 13.7 Å². The molecule has 1 aromatic rings. The third kappa shape index (κ3) is 5.74. The van der Waals surface area contributed by atoms with Crippen LogP contribution in [0.25, 0.3) is 0 Å². The highest BCUT2D eigenvalue weighted by Crippen LogP contribution is 2.28. The molecular weight excluding hydrogens is 258 g/mol. The van der Waals surface area contributed by atoms with E-state index in [1.54, 1.807) is 7.11 Å². The fourth-order valence-corrected chi connectivity index (χ4v) is 2.20. The summed E-state index contributed by atoms with van der Waals surface area (Å²) in [6.45, 7) is 2.83. The van der Waals surface area contributed by atoms with Crippen molar-refractivity contribution in [3.8, 4) is 11.5 Å². The van der Waals surface area contributed by atoms with Gasteiger partial charge in [-0.2, -0.15) is 11.8 Å². The Kier molecular flexibility index (Phi) is 7.75. The molecule has 0 aliphatic carbocycles. The molecule has 0 bridgehead atoms. The lowest BCUT2D eigenvalue weighted by atomic mass is 10.0. The van der Waals surface area contributed by atoms with Crippen LogP contribution in [0.2, 0.25) is 0 Å². The van der Waals surface area contributed by atoms with Crippen molar-refractivity contribution < 1.29 is 9.47 Å². The summed E-state index contributed by atoms with van der Waals surface area (Å²) in [7, 11) is 1.67. The van der Waals surface area contributed by atoms with Gasteiger partial charge in [0, 0.05) is 6.04 Å². The normalized spacial score (nSPS) is 12.2. The van der Waals surface area contributed by atoms with Gasteiger partial charge < -0.3 is 15.2 Å². The number of methoxy groups -OCH3 is 1. The van der Waals surface area contributed by atoms with Crippen molar-refractivity contribution in [1.82, 2.24) is 0 Å². The predicted octanol–water partition coefficient (Wildman–Crippen LogP) is 3.11. The molecule has 1 atom stereocenters. The van der Waals surface area contributed by atoms with Crippen LogP contribution in [-0.4, -0.2) is 31.8 Å². The zero-order chi connectivity index (χ0) is 14.1. The molecule has 0 aromatic heterocycles. The van der Waals surface area contributed by atoms with Gasteiger partial charge in [0.15, 0.2) is 11.5 Å². The molecule has 0 spiro atoms. The number of benzene rings is 1. The van der Waals surface area contributed by atoms with Crippen LogP contribution in [0.15, 0.2) is 18.2 Å². The third-order valence-electron chi connectivity index (χ3n) is 3.00. The quantitative estimate of drug-likeness (QED) is 0.707. The van der Waals surface area contributed by atoms with E-state index in [1.807, 2.05) is 23.9 Å². The molecular formula is C15H25NO2S. The molecule has 4 heteroatoms. The molecule has 0 heterocycles. The first-order valence-electron chi connectivity index (χ1n) is 6.75. The first-order valence-corrected chi connectivity index (χ1v) is 8.14. The largest absolute Gasteiger partial charge is 0.493 e. The number of thioether (sulfide) groups is 1. The number of rotatable bonds is 9. The summed E-state index contributed by atoms with van der Waals surface area (Å²) in [5, 5.41) is 0. The minimum absolute atomic E-state index is 0.207. The van der Waals surface area contributed by atoms with E-state index >= 15 is 0 Å². The van der Waals surface area contributed by atoms with Crippen LogP contribution in [0.4, 0.5) is 0 Å². The van der Waals surface area contributed by atoms with Crippen LogP contribution in [0.3, 0.4) is 0 Å².